The fourth-order valence-corrected chi connectivity index (χ4v) is 3.58. The van der Waals surface area contributed by atoms with Crippen LogP contribution in [0.1, 0.15) is 40.5 Å². The van der Waals surface area contributed by atoms with Crippen molar-refractivity contribution < 1.29 is 19.1 Å². The number of carbonyl (C=O) groups excluding carboxylic acids is 3. The third-order valence-corrected chi connectivity index (χ3v) is 5.24. The van der Waals surface area contributed by atoms with Gasteiger partial charge >= 0.3 is 5.97 Å². The summed E-state index contributed by atoms with van der Waals surface area (Å²) in [5, 5.41) is 3.37. The van der Waals surface area contributed by atoms with Crippen molar-refractivity contribution in [2.24, 2.45) is 5.92 Å². The van der Waals surface area contributed by atoms with Gasteiger partial charge in [-0.2, -0.15) is 0 Å². The molecule has 1 saturated heterocycles. The van der Waals surface area contributed by atoms with Gasteiger partial charge in [0.05, 0.1) is 10.6 Å². The van der Waals surface area contributed by atoms with Crippen molar-refractivity contribution in [3.8, 4) is 5.75 Å². The zero-order valence-corrected chi connectivity index (χ0v) is 16.9. The highest BCUT2D eigenvalue weighted by molar-refractivity contribution is 6.33. The standard InChI is InChI=1S/C22H23ClN2O4/c1-15(26)29-18-6-4-5-17(13-18)22(28)25-11-9-16(10-12-25)14-24-21(27)19-7-2-3-8-20(19)23/h2-8,13,16H,9-12,14H2,1H3,(H,24,27). The van der Waals surface area contributed by atoms with E-state index in [1.165, 1.54) is 6.92 Å². The molecule has 0 atom stereocenters. The molecule has 2 aromatic rings. The highest BCUT2D eigenvalue weighted by atomic mass is 35.5. The molecule has 0 bridgehead atoms. The Bertz CT molecular complexity index is 907. The summed E-state index contributed by atoms with van der Waals surface area (Å²) < 4.78 is 5.05. The highest BCUT2D eigenvalue weighted by Crippen LogP contribution is 2.21. The van der Waals surface area contributed by atoms with Crippen LogP contribution in [0.25, 0.3) is 0 Å². The predicted octanol–water partition coefficient (Wildman–Crippen LogP) is 3.55. The summed E-state index contributed by atoms with van der Waals surface area (Å²) in [5.41, 5.74) is 0.962. The van der Waals surface area contributed by atoms with Crippen molar-refractivity contribution in [2.45, 2.75) is 19.8 Å². The SMILES string of the molecule is CC(=O)Oc1cccc(C(=O)N2CCC(CNC(=O)c3ccccc3Cl)CC2)c1. The predicted molar refractivity (Wildman–Crippen MR) is 110 cm³/mol. The fraction of sp³-hybridized carbons (Fsp3) is 0.318. The molecule has 29 heavy (non-hydrogen) atoms. The number of likely N-dealkylation sites (tertiary alicyclic amines) is 1. The molecule has 1 heterocycles. The molecule has 0 unspecified atom stereocenters. The molecule has 1 N–H and O–H groups in total. The largest absolute Gasteiger partial charge is 0.427 e. The Balaban J connectivity index is 1.50. The monoisotopic (exact) mass is 414 g/mol. The van der Waals surface area contributed by atoms with Crippen LogP contribution in [0.15, 0.2) is 48.5 Å². The van der Waals surface area contributed by atoms with Gasteiger partial charge in [0.2, 0.25) is 0 Å². The first-order valence-corrected chi connectivity index (χ1v) is 9.92. The first kappa shape index (κ1) is 20.9. The first-order valence-electron chi connectivity index (χ1n) is 9.54. The number of amides is 2. The number of carbonyl (C=O) groups is 3. The number of ether oxygens (including phenoxy) is 1. The topological polar surface area (TPSA) is 75.7 Å². The number of esters is 1. The van der Waals surface area contributed by atoms with E-state index >= 15 is 0 Å². The summed E-state index contributed by atoms with van der Waals surface area (Å²) in [6.45, 7) is 3.10. The van der Waals surface area contributed by atoms with E-state index in [4.69, 9.17) is 16.3 Å². The number of rotatable bonds is 5. The number of benzene rings is 2. The molecule has 1 fully saturated rings. The van der Waals surface area contributed by atoms with Crippen LogP contribution in [0.3, 0.4) is 0 Å². The summed E-state index contributed by atoms with van der Waals surface area (Å²) in [6.07, 6.45) is 1.61. The average Bonchev–Trinajstić information content (AvgIpc) is 2.72. The minimum atomic E-state index is -0.422. The fourth-order valence-electron chi connectivity index (χ4n) is 3.36. The Labute approximate surface area is 174 Å². The Hall–Kier alpha value is -2.86. The highest BCUT2D eigenvalue weighted by Gasteiger charge is 2.24. The van der Waals surface area contributed by atoms with Crippen LogP contribution in [0.4, 0.5) is 0 Å². The Morgan fingerprint density at radius 1 is 1.10 bits per heavy atom. The second kappa shape index (κ2) is 9.56. The molecule has 1 aliphatic rings. The van der Waals surface area contributed by atoms with Crippen molar-refractivity contribution in [1.29, 1.82) is 0 Å². The number of halogens is 1. The number of hydrogen-bond donors (Lipinski definition) is 1. The van der Waals surface area contributed by atoms with Crippen LogP contribution in [0.5, 0.6) is 5.75 Å². The van der Waals surface area contributed by atoms with Gasteiger partial charge in [-0.05, 0) is 49.1 Å². The summed E-state index contributed by atoms with van der Waals surface area (Å²) in [5.74, 6) is -0.0263. The molecular formula is C22H23ClN2O4. The van der Waals surface area contributed by atoms with Gasteiger partial charge in [0.25, 0.3) is 11.8 Å². The van der Waals surface area contributed by atoms with Gasteiger partial charge in [0.1, 0.15) is 5.75 Å². The number of nitrogens with zero attached hydrogens (tertiary/aromatic N) is 1. The van der Waals surface area contributed by atoms with E-state index in [2.05, 4.69) is 5.32 Å². The number of piperidine rings is 1. The minimum absolute atomic E-state index is 0.0856. The second-order valence-corrected chi connectivity index (χ2v) is 7.45. The third kappa shape index (κ3) is 5.57. The minimum Gasteiger partial charge on any atom is -0.427 e. The zero-order chi connectivity index (χ0) is 20.8. The molecule has 0 radical (unpaired) electrons. The number of hydrogen-bond acceptors (Lipinski definition) is 4. The maximum atomic E-state index is 12.7. The van der Waals surface area contributed by atoms with Crippen LogP contribution in [0.2, 0.25) is 5.02 Å². The Morgan fingerprint density at radius 2 is 1.83 bits per heavy atom. The summed E-state index contributed by atoms with van der Waals surface area (Å²) in [4.78, 5) is 37.9. The van der Waals surface area contributed by atoms with Crippen LogP contribution in [-0.2, 0) is 4.79 Å². The second-order valence-electron chi connectivity index (χ2n) is 7.05. The van der Waals surface area contributed by atoms with Crippen molar-refractivity contribution in [3.63, 3.8) is 0 Å². The molecule has 0 saturated carbocycles. The van der Waals surface area contributed by atoms with E-state index in [0.29, 0.717) is 47.5 Å². The lowest BCUT2D eigenvalue weighted by Crippen LogP contribution is -2.41. The quantitative estimate of drug-likeness (QED) is 0.599. The van der Waals surface area contributed by atoms with Crippen molar-refractivity contribution in [3.05, 3.63) is 64.7 Å². The van der Waals surface area contributed by atoms with Gasteiger partial charge in [-0.15, -0.1) is 0 Å². The van der Waals surface area contributed by atoms with Gasteiger partial charge in [-0.3, -0.25) is 14.4 Å². The Morgan fingerprint density at radius 3 is 2.52 bits per heavy atom. The van der Waals surface area contributed by atoms with Crippen molar-refractivity contribution >= 4 is 29.4 Å². The van der Waals surface area contributed by atoms with E-state index in [1.807, 2.05) is 0 Å². The smallest absolute Gasteiger partial charge is 0.308 e. The third-order valence-electron chi connectivity index (χ3n) is 4.91. The van der Waals surface area contributed by atoms with Gasteiger partial charge in [-0.1, -0.05) is 29.8 Å². The average molecular weight is 415 g/mol. The molecule has 0 spiro atoms. The molecule has 1 aliphatic heterocycles. The van der Waals surface area contributed by atoms with E-state index in [9.17, 15) is 14.4 Å². The maximum Gasteiger partial charge on any atom is 0.308 e. The van der Waals surface area contributed by atoms with Gasteiger partial charge in [0.15, 0.2) is 0 Å². The van der Waals surface area contributed by atoms with Crippen LogP contribution < -0.4 is 10.1 Å². The molecule has 152 valence electrons. The van der Waals surface area contributed by atoms with Crippen LogP contribution >= 0.6 is 11.6 Å². The molecule has 2 aromatic carbocycles. The normalized spacial score (nSPS) is 14.3. The van der Waals surface area contributed by atoms with Crippen molar-refractivity contribution in [1.82, 2.24) is 10.2 Å². The molecule has 0 aromatic heterocycles. The lowest BCUT2D eigenvalue weighted by atomic mass is 9.96. The summed E-state index contributed by atoms with van der Waals surface area (Å²) in [7, 11) is 0. The Kier molecular flexibility index (Phi) is 6.88. The van der Waals surface area contributed by atoms with E-state index in [-0.39, 0.29) is 11.8 Å². The molecule has 7 heteroatoms. The molecule has 3 rings (SSSR count). The van der Waals surface area contributed by atoms with Crippen LogP contribution in [0, 0.1) is 5.92 Å². The summed E-state index contributed by atoms with van der Waals surface area (Å²) in [6, 6.07) is 13.6. The van der Waals surface area contributed by atoms with E-state index in [0.717, 1.165) is 12.8 Å². The lowest BCUT2D eigenvalue weighted by Gasteiger charge is -2.32. The zero-order valence-electron chi connectivity index (χ0n) is 16.2. The van der Waals surface area contributed by atoms with Gasteiger partial charge in [0, 0.05) is 32.1 Å². The van der Waals surface area contributed by atoms with Gasteiger partial charge < -0.3 is 15.0 Å². The maximum absolute atomic E-state index is 12.7. The van der Waals surface area contributed by atoms with Gasteiger partial charge in [-0.25, -0.2) is 0 Å². The molecule has 6 nitrogen and oxygen atoms in total. The number of nitrogens with one attached hydrogen (secondary N) is 1. The van der Waals surface area contributed by atoms with Crippen molar-refractivity contribution in [2.75, 3.05) is 19.6 Å². The van der Waals surface area contributed by atoms with Crippen LogP contribution in [-0.4, -0.2) is 42.3 Å². The lowest BCUT2D eigenvalue weighted by molar-refractivity contribution is -0.131. The molecule has 2 amide bonds. The molecular weight excluding hydrogens is 392 g/mol. The summed E-state index contributed by atoms with van der Waals surface area (Å²) >= 11 is 6.06. The van der Waals surface area contributed by atoms with E-state index < -0.39 is 5.97 Å². The molecule has 0 aliphatic carbocycles. The van der Waals surface area contributed by atoms with E-state index in [1.54, 1.807) is 53.4 Å². The first-order chi connectivity index (χ1) is 13.9.